The fourth-order valence-corrected chi connectivity index (χ4v) is 5.95. The molecule has 0 bridgehead atoms. The third kappa shape index (κ3) is 4.06. The Hall–Kier alpha value is -3.04. The van der Waals surface area contributed by atoms with Crippen LogP contribution in [0.4, 0.5) is 4.39 Å². The van der Waals surface area contributed by atoms with Crippen LogP contribution < -0.4 is 0 Å². The van der Waals surface area contributed by atoms with E-state index < -0.39 is 0 Å². The van der Waals surface area contributed by atoms with Crippen molar-refractivity contribution in [2.45, 2.75) is 31.6 Å². The maximum absolute atomic E-state index is 13.4. The van der Waals surface area contributed by atoms with E-state index in [2.05, 4.69) is 56.3 Å². The summed E-state index contributed by atoms with van der Waals surface area (Å²) < 4.78 is 21.0. The lowest BCUT2D eigenvalue weighted by Gasteiger charge is -2.35. The van der Waals surface area contributed by atoms with Gasteiger partial charge in [0.1, 0.15) is 5.82 Å². The molecule has 3 unspecified atom stereocenters. The second-order valence-corrected chi connectivity index (χ2v) is 10.00. The van der Waals surface area contributed by atoms with Crippen LogP contribution in [0.25, 0.3) is 20.5 Å². The Bertz CT molecular complexity index is 1350. The Balaban J connectivity index is 1.46. The van der Waals surface area contributed by atoms with Crippen LogP contribution in [-0.2, 0) is 11.3 Å². The minimum Gasteiger partial charge on any atom is -0.367 e. The summed E-state index contributed by atoms with van der Waals surface area (Å²) in [7, 11) is 4.15. The molecule has 0 aliphatic carbocycles. The highest BCUT2D eigenvalue weighted by Crippen LogP contribution is 2.42. The maximum atomic E-state index is 13.4. The molecule has 0 spiro atoms. The Labute approximate surface area is 197 Å². The second-order valence-electron chi connectivity index (χ2n) is 8.91. The van der Waals surface area contributed by atoms with E-state index in [1.54, 1.807) is 11.3 Å². The van der Waals surface area contributed by atoms with Gasteiger partial charge in [-0.15, -0.1) is 11.3 Å². The molecule has 1 aliphatic heterocycles. The van der Waals surface area contributed by atoms with E-state index >= 15 is 0 Å². The van der Waals surface area contributed by atoms with Crippen molar-refractivity contribution in [1.82, 2.24) is 4.90 Å². The van der Waals surface area contributed by atoms with Crippen LogP contribution in [0.15, 0.2) is 66.7 Å². The predicted octanol–water partition coefficient (Wildman–Crippen LogP) is 6.88. The summed E-state index contributed by atoms with van der Waals surface area (Å²) in [4.78, 5) is 3.40. The van der Waals surface area contributed by atoms with Gasteiger partial charge in [0.05, 0.1) is 24.3 Å². The summed E-state index contributed by atoms with van der Waals surface area (Å²) in [6.45, 7) is 2.76. The highest BCUT2D eigenvalue weighted by Gasteiger charge is 2.36. The molecule has 0 radical (unpaired) electrons. The number of nitriles is 1. The van der Waals surface area contributed by atoms with E-state index in [1.807, 2.05) is 30.3 Å². The quantitative estimate of drug-likeness (QED) is 0.328. The van der Waals surface area contributed by atoms with Crippen molar-refractivity contribution in [2.24, 2.45) is 0 Å². The first-order valence-corrected chi connectivity index (χ1v) is 11.9. The van der Waals surface area contributed by atoms with Crippen LogP contribution in [0.5, 0.6) is 0 Å². The first-order chi connectivity index (χ1) is 15.9. The van der Waals surface area contributed by atoms with E-state index in [-0.39, 0.29) is 23.9 Å². The minimum absolute atomic E-state index is 0.0512. The number of benzene rings is 3. The molecule has 166 valence electrons. The Morgan fingerprint density at radius 2 is 1.85 bits per heavy atom. The normalized spacial score (nSPS) is 17.2. The molecule has 33 heavy (non-hydrogen) atoms. The van der Waals surface area contributed by atoms with Crippen molar-refractivity contribution in [2.75, 3.05) is 14.1 Å². The van der Waals surface area contributed by atoms with Crippen molar-refractivity contribution in [3.8, 4) is 16.5 Å². The first kappa shape index (κ1) is 21.8. The van der Waals surface area contributed by atoms with Gasteiger partial charge in [-0.3, -0.25) is 0 Å². The molecule has 2 heterocycles. The molecular formula is C28H25FN2OS. The summed E-state index contributed by atoms with van der Waals surface area (Å²) in [5.41, 5.74) is 5.39. The molecule has 5 heteroatoms. The standard InChI is InChI=1S/C28H25FN2OS/c1-17(19-5-8-23(29)9-6-19)27(31(2)3)28-24-10-7-20(13-22(24)16-32-28)26-14-21-12-18(15-30)4-11-25(21)33-26/h4-14,17,27-28H,16H2,1-3H3. The van der Waals surface area contributed by atoms with Crippen LogP contribution in [0.3, 0.4) is 0 Å². The van der Waals surface area contributed by atoms with Crippen LogP contribution in [0, 0.1) is 17.1 Å². The zero-order chi connectivity index (χ0) is 23.1. The minimum atomic E-state index is -0.215. The van der Waals surface area contributed by atoms with Crippen molar-refractivity contribution in [3.63, 3.8) is 0 Å². The average Bonchev–Trinajstić information content (AvgIpc) is 3.43. The fraction of sp³-hybridized carbons (Fsp3) is 0.250. The van der Waals surface area contributed by atoms with Gasteiger partial charge in [-0.1, -0.05) is 31.2 Å². The Morgan fingerprint density at radius 1 is 1.06 bits per heavy atom. The summed E-state index contributed by atoms with van der Waals surface area (Å²) >= 11 is 1.74. The molecule has 0 saturated carbocycles. The second kappa shape index (κ2) is 8.72. The largest absolute Gasteiger partial charge is 0.367 e. The highest BCUT2D eigenvalue weighted by molar-refractivity contribution is 7.22. The molecule has 1 aromatic heterocycles. The Kier molecular flexibility index (Phi) is 5.76. The molecule has 0 amide bonds. The van der Waals surface area contributed by atoms with Gasteiger partial charge < -0.3 is 9.64 Å². The number of fused-ring (bicyclic) bond motifs is 2. The fourth-order valence-electron chi connectivity index (χ4n) is 4.91. The smallest absolute Gasteiger partial charge is 0.123 e. The molecule has 1 aliphatic rings. The number of hydrogen-bond donors (Lipinski definition) is 0. The van der Waals surface area contributed by atoms with Gasteiger partial charge in [-0.25, -0.2) is 4.39 Å². The third-order valence-electron chi connectivity index (χ3n) is 6.61. The van der Waals surface area contributed by atoms with Crippen molar-refractivity contribution in [1.29, 1.82) is 5.26 Å². The maximum Gasteiger partial charge on any atom is 0.123 e. The molecule has 4 aromatic rings. The topological polar surface area (TPSA) is 36.3 Å². The molecular weight excluding hydrogens is 431 g/mol. The summed E-state index contributed by atoms with van der Waals surface area (Å²) in [6.07, 6.45) is -0.0512. The summed E-state index contributed by atoms with van der Waals surface area (Å²) in [5, 5.41) is 10.3. The van der Waals surface area contributed by atoms with Gasteiger partial charge in [-0.05, 0) is 90.1 Å². The predicted molar refractivity (Wildman–Crippen MR) is 132 cm³/mol. The van der Waals surface area contributed by atoms with Gasteiger partial charge in [0.25, 0.3) is 0 Å². The molecule has 0 N–H and O–H groups in total. The number of rotatable bonds is 5. The van der Waals surface area contributed by atoms with E-state index in [4.69, 9.17) is 4.74 Å². The monoisotopic (exact) mass is 456 g/mol. The van der Waals surface area contributed by atoms with Crippen molar-refractivity contribution < 1.29 is 9.13 Å². The molecule has 5 rings (SSSR count). The number of hydrogen-bond acceptors (Lipinski definition) is 4. The lowest BCUT2D eigenvalue weighted by atomic mass is 9.85. The average molecular weight is 457 g/mol. The summed E-state index contributed by atoms with van der Waals surface area (Å²) in [5.74, 6) is -0.0411. The van der Waals surface area contributed by atoms with Crippen LogP contribution in [0.1, 0.15) is 41.2 Å². The van der Waals surface area contributed by atoms with Gasteiger partial charge >= 0.3 is 0 Å². The lowest BCUT2D eigenvalue weighted by Crippen LogP contribution is -2.38. The molecule has 3 aromatic carbocycles. The lowest BCUT2D eigenvalue weighted by molar-refractivity contribution is -0.0000190. The van der Waals surface area contributed by atoms with Crippen LogP contribution in [-0.4, -0.2) is 25.0 Å². The molecule has 3 nitrogen and oxygen atoms in total. The van der Waals surface area contributed by atoms with E-state index in [0.717, 1.165) is 10.9 Å². The molecule has 3 atom stereocenters. The zero-order valence-corrected chi connectivity index (χ0v) is 19.7. The van der Waals surface area contributed by atoms with E-state index in [9.17, 15) is 9.65 Å². The zero-order valence-electron chi connectivity index (χ0n) is 18.9. The van der Waals surface area contributed by atoms with Crippen molar-refractivity contribution >= 4 is 21.4 Å². The first-order valence-electron chi connectivity index (χ1n) is 11.0. The highest BCUT2D eigenvalue weighted by atomic mass is 32.1. The summed E-state index contributed by atoms with van der Waals surface area (Å²) in [6, 6.07) is 23.7. The number of nitrogens with zero attached hydrogens (tertiary/aromatic N) is 2. The van der Waals surface area contributed by atoms with Crippen LogP contribution >= 0.6 is 11.3 Å². The number of likely N-dealkylation sites (N-methyl/N-ethyl adjacent to an activating group) is 1. The van der Waals surface area contributed by atoms with E-state index in [1.165, 1.54) is 38.4 Å². The SMILES string of the molecule is CC(c1ccc(F)cc1)C(C1OCc2cc(-c3cc4cc(C#N)ccc4s3)ccc21)N(C)C. The number of halogens is 1. The number of thiophene rings is 1. The number of ether oxygens (including phenoxy) is 1. The third-order valence-corrected chi connectivity index (χ3v) is 7.78. The van der Waals surface area contributed by atoms with Crippen molar-refractivity contribution in [3.05, 3.63) is 94.8 Å². The van der Waals surface area contributed by atoms with Crippen LogP contribution in [0.2, 0.25) is 0 Å². The van der Waals surface area contributed by atoms with Gasteiger partial charge in [0.15, 0.2) is 0 Å². The Morgan fingerprint density at radius 3 is 2.58 bits per heavy atom. The molecule has 0 saturated heterocycles. The van der Waals surface area contributed by atoms with E-state index in [0.29, 0.717) is 12.2 Å². The van der Waals surface area contributed by atoms with Gasteiger partial charge in [0, 0.05) is 15.6 Å². The van der Waals surface area contributed by atoms with Gasteiger partial charge in [-0.2, -0.15) is 5.26 Å². The molecule has 0 fully saturated rings. The van der Waals surface area contributed by atoms with Gasteiger partial charge in [0.2, 0.25) is 0 Å².